The van der Waals surface area contributed by atoms with Gasteiger partial charge < -0.3 is 0 Å². The van der Waals surface area contributed by atoms with E-state index in [0.29, 0.717) is 0 Å². The highest BCUT2D eigenvalue weighted by Gasteiger charge is 2.29. The van der Waals surface area contributed by atoms with Crippen LogP contribution < -0.4 is 0 Å². The molecule has 20 heavy (non-hydrogen) atoms. The third-order valence-corrected chi connectivity index (χ3v) is 5.46. The molecule has 0 saturated heterocycles. The Kier molecular flexibility index (Phi) is 8.26. The van der Waals surface area contributed by atoms with Crippen molar-refractivity contribution in [2.45, 2.75) is 85.0 Å². The molecule has 0 N–H and O–H groups in total. The normalized spacial score (nSPS) is 22.7. The molecule has 0 aromatic carbocycles. The molecule has 1 aliphatic carbocycles. The lowest BCUT2D eigenvalue weighted by Gasteiger charge is -2.21. The largest absolute Gasteiger partial charge is 0.0999 e. The fourth-order valence-corrected chi connectivity index (χ4v) is 3.84. The molecule has 0 aromatic heterocycles. The van der Waals surface area contributed by atoms with Gasteiger partial charge >= 0.3 is 0 Å². The van der Waals surface area contributed by atoms with Gasteiger partial charge in [-0.15, -0.1) is 0 Å². The molecule has 0 heterocycles. The van der Waals surface area contributed by atoms with Gasteiger partial charge in [-0.25, -0.2) is 0 Å². The highest BCUT2D eigenvalue weighted by molar-refractivity contribution is 5.10. The molecule has 0 aromatic rings. The van der Waals surface area contributed by atoms with Gasteiger partial charge in [0.2, 0.25) is 0 Å². The summed E-state index contributed by atoms with van der Waals surface area (Å²) in [6.07, 6.45) is 13.1. The van der Waals surface area contributed by atoms with E-state index in [9.17, 15) is 0 Å². The van der Waals surface area contributed by atoms with Crippen LogP contribution in [0.2, 0.25) is 0 Å². The van der Waals surface area contributed by atoms with Crippen LogP contribution in [0.25, 0.3) is 0 Å². The second-order valence-corrected chi connectivity index (χ2v) is 6.86. The third-order valence-electron chi connectivity index (χ3n) is 5.46. The first-order valence-electron chi connectivity index (χ1n) is 8.96. The van der Waals surface area contributed by atoms with Gasteiger partial charge in [-0.05, 0) is 56.3 Å². The lowest BCUT2D eigenvalue weighted by Crippen LogP contribution is -2.09. The summed E-state index contributed by atoms with van der Waals surface area (Å²) in [6.45, 7) is 15.6. The van der Waals surface area contributed by atoms with Crippen molar-refractivity contribution >= 4 is 0 Å². The fourth-order valence-electron chi connectivity index (χ4n) is 3.84. The zero-order chi connectivity index (χ0) is 15.0. The zero-order valence-electron chi connectivity index (χ0n) is 14.2. The van der Waals surface area contributed by atoms with E-state index in [4.69, 9.17) is 0 Å². The van der Waals surface area contributed by atoms with Crippen LogP contribution in [0.1, 0.15) is 85.0 Å². The van der Waals surface area contributed by atoms with Crippen molar-refractivity contribution in [1.82, 2.24) is 0 Å². The summed E-state index contributed by atoms with van der Waals surface area (Å²) in [6, 6.07) is 0. The first-order valence-corrected chi connectivity index (χ1v) is 8.96. The lowest BCUT2D eigenvalue weighted by atomic mass is 9.85. The molecule has 116 valence electrons. The number of allylic oxidation sites excluding steroid dienone is 2. The minimum absolute atomic E-state index is 0.792. The van der Waals surface area contributed by atoms with Gasteiger partial charge in [-0.1, -0.05) is 70.8 Å². The molecule has 1 rings (SSSR count). The molecule has 0 spiro atoms. The summed E-state index contributed by atoms with van der Waals surface area (Å²) >= 11 is 0. The van der Waals surface area contributed by atoms with Gasteiger partial charge in [0.1, 0.15) is 0 Å². The maximum Gasteiger partial charge on any atom is -0.0174 e. The fraction of sp³-hybridized carbons (Fsp3) is 0.800. The highest BCUT2D eigenvalue weighted by Crippen LogP contribution is 2.41. The molecule has 2 atom stereocenters. The van der Waals surface area contributed by atoms with Gasteiger partial charge in [0, 0.05) is 0 Å². The van der Waals surface area contributed by atoms with Crippen LogP contribution in [0.4, 0.5) is 0 Å². The Hall–Kier alpha value is -0.520. The van der Waals surface area contributed by atoms with E-state index < -0.39 is 0 Å². The Morgan fingerprint density at radius 2 is 1.85 bits per heavy atom. The number of hydrogen-bond acceptors (Lipinski definition) is 0. The van der Waals surface area contributed by atoms with E-state index >= 15 is 0 Å². The van der Waals surface area contributed by atoms with Crippen LogP contribution >= 0.6 is 0 Å². The second-order valence-electron chi connectivity index (χ2n) is 6.86. The predicted octanol–water partition coefficient (Wildman–Crippen LogP) is 6.92. The molecule has 0 aliphatic heterocycles. The smallest absolute Gasteiger partial charge is 0.0174 e. The van der Waals surface area contributed by atoms with Crippen LogP contribution in [-0.2, 0) is 0 Å². The lowest BCUT2D eigenvalue weighted by molar-refractivity contribution is 0.368. The second kappa shape index (κ2) is 9.42. The maximum absolute atomic E-state index is 4.32. The van der Waals surface area contributed by atoms with Gasteiger partial charge in [0.15, 0.2) is 0 Å². The predicted molar refractivity (Wildman–Crippen MR) is 91.9 cm³/mol. The Bertz CT molecular complexity index is 295. The van der Waals surface area contributed by atoms with E-state index in [1.54, 1.807) is 0 Å². The van der Waals surface area contributed by atoms with Gasteiger partial charge in [-0.3, -0.25) is 0 Å². The topological polar surface area (TPSA) is 0 Å². The van der Waals surface area contributed by atoms with Crippen LogP contribution in [0.15, 0.2) is 24.3 Å². The Balaban J connectivity index is 2.30. The van der Waals surface area contributed by atoms with Crippen LogP contribution in [0, 0.1) is 17.8 Å². The van der Waals surface area contributed by atoms with Crippen molar-refractivity contribution in [3.63, 3.8) is 0 Å². The van der Waals surface area contributed by atoms with Crippen molar-refractivity contribution in [2.75, 3.05) is 0 Å². The van der Waals surface area contributed by atoms with E-state index in [2.05, 4.69) is 33.9 Å². The van der Waals surface area contributed by atoms with Crippen LogP contribution in [-0.4, -0.2) is 0 Å². The van der Waals surface area contributed by atoms with Crippen molar-refractivity contribution in [2.24, 2.45) is 17.8 Å². The Morgan fingerprint density at radius 1 is 1.15 bits per heavy atom. The first-order chi connectivity index (χ1) is 9.62. The molecule has 0 radical (unpaired) electrons. The van der Waals surface area contributed by atoms with Crippen molar-refractivity contribution in [3.05, 3.63) is 24.3 Å². The Morgan fingerprint density at radius 3 is 2.45 bits per heavy atom. The average molecular weight is 277 g/mol. The quantitative estimate of drug-likeness (QED) is 0.380. The van der Waals surface area contributed by atoms with E-state index in [1.807, 2.05) is 0 Å². The average Bonchev–Trinajstić information content (AvgIpc) is 2.79. The molecule has 1 fully saturated rings. The molecule has 1 aliphatic rings. The monoisotopic (exact) mass is 276 g/mol. The molecule has 0 bridgehead atoms. The maximum atomic E-state index is 4.32. The summed E-state index contributed by atoms with van der Waals surface area (Å²) in [5.74, 6) is 2.61. The summed E-state index contributed by atoms with van der Waals surface area (Å²) in [4.78, 5) is 0. The molecule has 0 heteroatoms. The summed E-state index contributed by atoms with van der Waals surface area (Å²) in [7, 11) is 0. The van der Waals surface area contributed by atoms with Gasteiger partial charge in [-0.2, -0.15) is 0 Å². The summed E-state index contributed by atoms with van der Waals surface area (Å²) in [5.41, 5.74) is 3.00. The van der Waals surface area contributed by atoms with Crippen molar-refractivity contribution < 1.29 is 0 Å². The zero-order valence-corrected chi connectivity index (χ0v) is 14.2. The van der Waals surface area contributed by atoms with Gasteiger partial charge in [0.25, 0.3) is 0 Å². The molecule has 0 amide bonds. The summed E-state index contributed by atoms with van der Waals surface area (Å²) in [5, 5.41) is 0. The van der Waals surface area contributed by atoms with E-state index in [-0.39, 0.29) is 0 Å². The van der Waals surface area contributed by atoms with Crippen molar-refractivity contribution in [1.29, 1.82) is 0 Å². The number of rotatable bonds is 10. The van der Waals surface area contributed by atoms with Crippen molar-refractivity contribution in [3.8, 4) is 0 Å². The molecular formula is C20H36. The van der Waals surface area contributed by atoms with Gasteiger partial charge in [0.05, 0.1) is 0 Å². The SMILES string of the molecule is C=C(CCC(CC)CC)CCC1C(=C)CCC1CCC. The third kappa shape index (κ3) is 5.46. The molecule has 0 nitrogen and oxygen atoms in total. The Labute approximate surface area is 127 Å². The van der Waals surface area contributed by atoms with E-state index in [1.165, 1.54) is 75.4 Å². The first kappa shape index (κ1) is 17.5. The molecule has 1 saturated carbocycles. The van der Waals surface area contributed by atoms with E-state index in [0.717, 1.165) is 17.8 Å². The standard InChI is InChI=1S/C20H36/c1-6-9-19-14-12-17(5)20(19)15-11-16(4)10-13-18(7-2)8-3/h18-20H,4-15H2,1-3H3. The highest BCUT2D eigenvalue weighted by atomic mass is 14.3. The van der Waals surface area contributed by atoms with Crippen LogP contribution in [0.3, 0.4) is 0 Å². The minimum Gasteiger partial charge on any atom is -0.0999 e. The molecule has 2 unspecified atom stereocenters. The molecular weight excluding hydrogens is 240 g/mol. The van der Waals surface area contributed by atoms with Crippen LogP contribution in [0.5, 0.6) is 0 Å². The summed E-state index contributed by atoms with van der Waals surface area (Å²) < 4.78 is 0. The number of hydrogen-bond donors (Lipinski definition) is 0. The minimum atomic E-state index is 0.792.